The summed E-state index contributed by atoms with van der Waals surface area (Å²) in [7, 11) is 0. The maximum absolute atomic E-state index is 11.6. The highest BCUT2D eigenvalue weighted by Crippen LogP contribution is 2.29. The van der Waals surface area contributed by atoms with Crippen molar-refractivity contribution in [2.75, 3.05) is 13.2 Å². The fraction of sp³-hybridized carbons (Fsp3) is 0.727. The summed E-state index contributed by atoms with van der Waals surface area (Å²) in [4.78, 5) is 23.1. The third kappa shape index (κ3) is 2.96. The molecule has 0 fully saturated rings. The summed E-state index contributed by atoms with van der Waals surface area (Å²) < 4.78 is 9.56. The Hall–Kier alpha value is -1.57. The molecule has 0 aliphatic heterocycles. The molecule has 0 amide bonds. The predicted octanol–water partition coefficient (Wildman–Crippen LogP) is 1.28. The van der Waals surface area contributed by atoms with Gasteiger partial charge in [-0.3, -0.25) is 9.59 Å². The summed E-state index contributed by atoms with van der Waals surface area (Å²) in [5.41, 5.74) is -1.50. The molecule has 0 spiro atoms. The van der Waals surface area contributed by atoms with Crippen molar-refractivity contribution in [1.29, 1.82) is 5.26 Å². The number of hydrogen-bond acceptors (Lipinski definition) is 5. The van der Waals surface area contributed by atoms with Crippen molar-refractivity contribution < 1.29 is 19.1 Å². The van der Waals surface area contributed by atoms with Gasteiger partial charge in [0.25, 0.3) is 0 Å². The molecule has 0 saturated carbocycles. The van der Waals surface area contributed by atoms with Crippen LogP contribution in [0.25, 0.3) is 0 Å². The fourth-order valence-electron chi connectivity index (χ4n) is 1.10. The molecule has 0 bridgehead atoms. The molecule has 16 heavy (non-hydrogen) atoms. The van der Waals surface area contributed by atoms with Crippen molar-refractivity contribution >= 4 is 11.9 Å². The van der Waals surface area contributed by atoms with Crippen molar-refractivity contribution in [2.24, 2.45) is 11.3 Å². The lowest BCUT2D eigenvalue weighted by atomic mass is 9.79. The van der Waals surface area contributed by atoms with Crippen molar-refractivity contribution in [1.82, 2.24) is 0 Å². The maximum Gasteiger partial charge on any atom is 0.327 e. The van der Waals surface area contributed by atoms with E-state index in [0.717, 1.165) is 0 Å². The molecule has 0 saturated heterocycles. The fourth-order valence-corrected chi connectivity index (χ4v) is 1.10. The van der Waals surface area contributed by atoms with Crippen LogP contribution in [-0.4, -0.2) is 25.2 Å². The van der Waals surface area contributed by atoms with E-state index in [1.54, 1.807) is 13.8 Å². The standard InChI is InChI=1S/C11H17NO4/c1-5-15-9(13)8(3)11(4,7-12)10(14)16-6-2/h8H,5-6H2,1-4H3. The maximum atomic E-state index is 11.6. The van der Waals surface area contributed by atoms with Crippen LogP contribution < -0.4 is 0 Å². The van der Waals surface area contributed by atoms with Crippen LogP contribution in [0.1, 0.15) is 27.7 Å². The van der Waals surface area contributed by atoms with E-state index in [4.69, 9.17) is 14.7 Å². The molecule has 0 aliphatic rings. The summed E-state index contributed by atoms with van der Waals surface area (Å²) >= 11 is 0. The minimum atomic E-state index is -1.50. The number of carbonyl (C=O) groups excluding carboxylic acids is 2. The molecule has 5 heteroatoms. The number of rotatable bonds is 5. The number of hydrogen-bond donors (Lipinski definition) is 0. The molecule has 0 aliphatic carbocycles. The number of nitrogens with zero attached hydrogens (tertiary/aromatic N) is 1. The predicted molar refractivity (Wildman–Crippen MR) is 56.2 cm³/mol. The molecule has 0 aromatic heterocycles. The Morgan fingerprint density at radius 2 is 1.81 bits per heavy atom. The van der Waals surface area contributed by atoms with Crippen molar-refractivity contribution in [2.45, 2.75) is 27.7 Å². The SMILES string of the molecule is CCOC(=O)C(C)C(C)(C#N)C(=O)OCC. The first kappa shape index (κ1) is 14.4. The number of carbonyl (C=O) groups is 2. The van der Waals surface area contributed by atoms with Gasteiger partial charge in [0.05, 0.1) is 25.2 Å². The second kappa shape index (κ2) is 6.11. The zero-order chi connectivity index (χ0) is 12.8. The summed E-state index contributed by atoms with van der Waals surface area (Å²) in [6.07, 6.45) is 0. The van der Waals surface area contributed by atoms with Crippen molar-refractivity contribution in [3.05, 3.63) is 0 Å². The van der Waals surface area contributed by atoms with Gasteiger partial charge in [-0.05, 0) is 27.7 Å². The van der Waals surface area contributed by atoms with Gasteiger partial charge in [0.2, 0.25) is 0 Å². The van der Waals surface area contributed by atoms with Crippen LogP contribution in [0.15, 0.2) is 0 Å². The smallest absolute Gasteiger partial charge is 0.327 e. The molecule has 0 rings (SSSR count). The van der Waals surface area contributed by atoms with Crippen LogP contribution in [0.4, 0.5) is 0 Å². The minimum absolute atomic E-state index is 0.172. The summed E-state index contributed by atoms with van der Waals surface area (Å²) in [6.45, 7) is 6.56. The van der Waals surface area contributed by atoms with Gasteiger partial charge in [-0.15, -0.1) is 0 Å². The van der Waals surface area contributed by atoms with E-state index >= 15 is 0 Å². The molecular weight excluding hydrogens is 210 g/mol. The third-order valence-corrected chi connectivity index (χ3v) is 2.44. The number of nitriles is 1. The van der Waals surface area contributed by atoms with E-state index in [1.807, 2.05) is 6.07 Å². The normalized spacial score (nSPS) is 15.4. The Kier molecular flexibility index (Phi) is 5.51. The average molecular weight is 227 g/mol. The first-order chi connectivity index (χ1) is 7.43. The quantitative estimate of drug-likeness (QED) is 0.661. The minimum Gasteiger partial charge on any atom is -0.466 e. The summed E-state index contributed by atoms with van der Waals surface area (Å²) in [5.74, 6) is -2.12. The lowest BCUT2D eigenvalue weighted by molar-refractivity contribution is -0.163. The second-order valence-corrected chi connectivity index (χ2v) is 3.51. The molecule has 0 N–H and O–H groups in total. The van der Waals surface area contributed by atoms with Crippen molar-refractivity contribution in [3.63, 3.8) is 0 Å². The number of ether oxygens (including phenoxy) is 2. The molecule has 0 aromatic carbocycles. The molecular formula is C11H17NO4. The zero-order valence-corrected chi connectivity index (χ0v) is 10.1. The Labute approximate surface area is 95.3 Å². The summed E-state index contributed by atoms with van der Waals surface area (Å²) in [6, 6.07) is 1.83. The second-order valence-electron chi connectivity index (χ2n) is 3.51. The van der Waals surface area contributed by atoms with E-state index in [0.29, 0.717) is 0 Å². The Morgan fingerprint density at radius 1 is 1.31 bits per heavy atom. The van der Waals surface area contributed by atoms with Gasteiger partial charge < -0.3 is 9.47 Å². The molecule has 5 nitrogen and oxygen atoms in total. The lowest BCUT2D eigenvalue weighted by Gasteiger charge is -2.24. The van der Waals surface area contributed by atoms with E-state index in [9.17, 15) is 9.59 Å². The average Bonchev–Trinajstić information content (AvgIpc) is 2.27. The molecule has 2 atom stereocenters. The van der Waals surface area contributed by atoms with Crippen LogP contribution in [0.3, 0.4) is 0 Å². The van der Waals surface area contributed by atoms with Crippen LogP contribution in [0, 0.1) is 22.7 Å². The van der Waals surface area contributed by atoms with E-state index < -0.39 is 23.3 Å². The van der Waals surface area contributed by atoms with Crippen LogP contribution in [-0.2, 0) is 19.1 Å². The topological polar surface area (TPSA) is 76.4 Å². The Morgan fingerprint density at radius 3 is 2.19 bits per heavy atom. The monoisotopic (exact) mass is 227 g/mol. The zero-order valence-electron chi connectivity index (χ0n) is 10.1. The Bertz CT molecular complexity index is 308. The molecule has 0 heterocycles. The third-order valence-electron chi connectivity index (χ3n) is 2.44. The van der Waals surface area contributed by atoms with Gasteiger partial charge in [0.15, 0.2) is 5.41 Å². The van der Waals surface area contributed by atoms with Gasteiger partial charge in [0.1, 0.15) is 0 Å². The first-order valence-electron chi connectivity index (χ1n) is 5.19. The number of esters is 2. The van der Waals surface area contributed by atoms with Gasteiger partial charge >= 0.3 is 11.9 Å². The van der Waals surface area contributed by atoms with Gasteiger partial charge in [-0.2, -0.15) is 5.26 Å². The molecule has 0 aromatic rings. The van der Waals surface area contributed by atoms with E-state index in [2.05, 4.69) is 0 Å². The highest BCUT2D eigenvalue weighted by Gasteiger charge is 2.45. The highest BCUT2D eigenvalue weighted by atomic mass is 16.5. The van der Waals surface area contributed by atoms with Gasteiger partial charge in [-0.1, -0.05) is 0 Å². The van der Waals surface area contributed by atoms with Gasteiger partial charge in [0, 0.05) is 0 Å². The highest BCUT2D eigenvalue weighted by molar-refractivity contribution is 5.87. The molecule has 2 unspecified atom stereocenters. The first-order valence-corrected chi connectivity index (χ1v) is 5.19. The largest absolute Gasteiger partial charge is 0.466 e. The molecule has 0 radical (unpaired) electrons. The van der Waals surface area contributed by atoms with Crippen molar-refractivity contribution in [3.8, 4) is 6.07 Å². The van der Waals surface area contributed by atoms with Gasteiger partial charge in [-0.25, -0.2) is 0 Å². The van der Waals surface area contributed by atoms with E-state index in [1.165, 1.54) is 13.8 Å². The Balaban J connectivity index is 4.89. The summed E-state index contributed by atoms with van der Waals surface area (Å²) in [5, 5.41) is 9.01. The van der Waals surface area contributed by atoms with Crippen LogP contribution in [0.2, 0.25) is 0 Å². The molecule has 90 valence electrons. The van der Waals surface area contributed by atoms with E-state index in [-0.39, 0.29) is 13.2 Å². The van der Waals surface area contributed by atoms with Crippen LogP contribution in [0.5, 0.6) is 0 Å². The lowest BCUT2D eigenvalue weighted by Crippen LogP contribution is -2.39. The van der Waals surface area contributed by atoms with Crippen LogP contribution >= 0.6 is 0 Å².